The van der Waals surface area contributed by atoms with Crippen LogP contribution in [0.25, 0.3) is 0 Å². The first-order valence-corrected chi connectivity index (χ1v) is 21.0. The van der Waals surface area contributed by atoms with Gasteiger partial charge in [0.25, 0.3) is 0 Å². The molecule has 0 aromatic rings. The average molecular weight is 850 g/mol. The monoisotopic (exact) mass is 849 g/mol. The van der Waals surface area contributed by atoms with Crippen molar-refractivity contribution in [2.75, 3.05) is 13.2 Å². The number of esters is 2. The summed E-state index contributed by atoms with van der Waals surface area (Å²) < 4.78 is 48.4. The molecule has 0 aliphatic heterocycles. The second-order valence-corrected chi connectivity index (χ2v) is 15.0. The first-order valence-electron chi connectivity index (χ1n) is 18.0. The zero-order valence-corrected chi connectivity index (χ0v) is 33.6. The van der Waals surface area contributed by atoms with E-state index >= 15 is 0 Å². The minimum absolute atomic E-state index is 0. The highest BCUT2D eigenvalue weighted by atomic mass is 31.2. The maximum Gasteiger partial charge on any atom is 0.472 e. The van der Waals surface area contributed by atoms with Gasteiger partial charge in [-0.3, -0.25) is 18.4 Å². The van der Waals surface area contributed by atoms with Crippen molar-refractivity contribution in [1.29, 1.82) is 0 Å². The van der Waals surface area contributed by atoms with Crippen LogP contribution in [0.5, 0.6) is 0 Å². The number of hydrogen-bond acceptors (Lipinski definition) is 14. The number of aliphatic hydroxyl groups is 4. The van der Waals surface area contributed by atoms with Crippen molar-refractivity contribution in [2.45, 2.75) is 146 Å². The van der Waals surface area contributed by atoms with E-state index in [9.17, 15) is 44.0 Å². The Balaban J connectivity index is -0.000000378. The van der Waals surface area contributed by atoms with Crippen LogP contribution in [0.3, 0.4) is 0 Å². The van der Waals surface area contributed by atoms with Gasteiger partial charge in [-0.2, -0.15) is 0 Å². The molecule has 56 heavy (non-hydrogen) atoms. The second kappa shape index (κ2) is 29.9. The summed E-state index contributed by atoms with van der Waals surface area (Å²) in [5.41, 5.74) is 0. The number of phosphoric ester groups is 2. The third-order valence-electron chi connectivity index (χ3n) is 7.89. The quantitative estimate of drug-likeness (QED) is 0.0213. The number of hydrogen-bond donors (Lipinski definition) is 8. The van der Waals surface area contributed by atoms with Gasteiger partial charge in [-0.25, -0.2) is 13.9 Å². The molecule has 0 aromatic heterocycles. The normalized spacial score (nSPS) is 21.4. The fourth-order valence-corrected chi connectivity index (χ4v) is 6.68. The number of unbranched alkanes of at least 4 members (excludes halogenated alkanes) is 12. The minimum atomic E-state index is -5.38. The number of aliphatic hydroxyl groups excluding tert-OH is 4. The Kier molecular flexibility index (Phi) is 28.2. The zero-order chi connectivity index (χ0) is 41.1. The summed E-state index contributed by atoms with van der Waals surface area (Å²) in [6, 6.07) is 0. The van der Waals surface area contributed by atoms with Crippen LogP contribution >= 0.6 is 15.6 Å². The molecule has 0 heterocycles. The maximum atomic E-state index is 12.8. The van der Waals surface area contributed by atoms with Gasteiger partial charge in [-0.15, -0.1) is 0 Å². The number of ether oxygens (including phenoxy) is 2. The molecule has 10 N–H and O–H groups in total. The fourth-order valence-electron chi connectivity index (χ4n) is 5.14. The van der Waals surface area contributed by atoms with Gasteiger partial charge in [-0.05, 0) is 60.7 Å². The van der Waals surface area contributed by atoms with Crippen LogP contribution in [0.1, 0.15) is 117 Å². The van der Waals surface area contributed by atoms with E-state index in [1.807, 2.05) is 0 Å². The summed E-state index contributed by atoms with van der Waals surface area (Å²) in [5.74, 6) is 21.7. The molecule has 17 nitrogen and oxygen atoms in total. The molecular weight excluding hydrogens is 776 g/mol. The standard InChI is InChI=1S/C37H52O16P2.H3N.9H2/c1-3-5-7-9-11-13-14-15-16-18-20-22-24-26-31(39)51-29(27-49-30(38)25-23-21-19-17-12-10-8-6-4-2)28-50-55(47,48)53-37-34(42)32(40)33(41)36(35(37)43)52-54(44,45)46;;;;;;;;;;/h29,32-37,40-43H,3,5,7,9,11,13-16,18,20,22,24,26-28H2,1-2H3,(H,47,48)(H2,44,45,46);1H3;9*1H/t29-,32+,33?,34?,35-,36-,37?;;;;;;;;;;/m1........../s1. The molecule has 1 saturated carbocycles. The lowest BCUT2D eigenvalue weighted by Gasteiger charge is -2.43. The van der Waals surface area contributed by atoms with Gasteiger partial charge >= 0.3 is 27.6 Å². The van der Waals surface area contributed by atoms with Gasteiger partial charge in [0.2, 0.25) is 0 Å². The Bertz CT molecular complexity index is 1650. The van der Waals surface area contributed by atoms with Crippen molar-refractivity contribution in [3.8, 4) is 59.2 Å². The second-order valence-electron chi connectivity index (χ2n) is 12.4. The first-order chi connectivity index (χ1) is 26.1. The predicted octanol–water partition coefficient (Wildman–Crippen LogP) is 4.77. The molecule has 0 bridgehead atoms. The number of carbonyl (C=O) groups is 2. The van der Waals surface area contributed by atoms with Crippen LogP contribution in [0.15, 0.2) is 0 Å². The SMILES string of the molecule is CC#CC#CC#CC#CC#CC(=O)OC[C@H](COP(=O)(O)OC1C(O)[C@@H](O)C(O)[C@@H](OP(=O)(O)O)[C@H]1O)OC(=O)CCCCCCCCCCCCCCC.N.[HH].[HH].[HH].[HH].[HH].[HH].[HH].[HH].[HH]. The molecule has 1 rings (SSSR count). The molecule has 0 radical (unpaired) electrons. The number of carbonyl (C=O) groups excluding carboxylic acids is 2. The highest BCUT2D eigenvalue weighted by molar-refractivity contribution is 7.47. The van der Waals surface area contributed by atoms with E-state index < -0.39 is 83.5 Å². The van der Waals surface area contributed by atoms with Crippen molar-refractivity contribution < 1.29 is 89.7 Å². The molecule has 19 heteroatoms. The topological polar surface area (TPSA) is 291 Å². The van der Waals surface area contributed by atoms with E-state index in [4.69, 9.17) is 28.3 Å². The summed E-state index contributed by atoms with van der Waals surface area (Å²) in [4.78, 5) is 53.4. The lowest BCUT2D eigenvalue weighted by molar-refractivity contribution is -0.216. The Labute approximate surface area is 342 Å². The Morgan fingerprint density at radius 3 is 1.61 bits per heavy atom. The average Bonchev–Trinajstić information content (AvgIpc) is 3.13. The molecule has 8 atom stereocenters. The van der Waals surface area contributed by atoms with Crippen LogP contribution in [-0.4, -0.2) is 103 Å². The van der Waals surface area contributed by atoms with Crippen molar-refractivity contribution in [3.05, 3.63) is 0 Å². The zero-order valence-electron chi connectivity index (χ0n) is 31.8. The Morgan fingerprint density at radius 2 is 1.11 bits per heavy atom. The Hall–Kier alpha value is -3.24. The molecule has 0 spiro atoms. The fraction of sp³-hybridized carbons (Fsp3) is 0.676. The van der Waals surface area contributed by atoms with Gasteiger partial charge < -0.3 is 50.7 Å². The van der Waals surface area contributed by atoms with Crippen LogP contribution in [0, 0.1) is 59.2 Å². The van der Waals surface area contributed by atoms with Crippen LogP contribution in [0.4, 0.5) is 0 Å². The van der Waals surface area contributed by atoms with E-state index in [0.29, 0.717) is 6.42 Å². The van der Waals surface area contributed by atoms with Crippen LogP contribution in [-0.2, 0) is 41.8 Å². The van der Waals surface area contributed by atoms with Gasteiger partial charge in [0.15, 0.2) is 6.10 Å². The summed E-state index contributed by atoms with van der Waals surface area (Å²) in [7, 11) is -10.7. The minimum Gasteiger partial charge on any atom is -0.456 e. The van der Waals surface area contributed by atoms with Crippen molar-refractivity contribution in [1.82, 2.24) is 6.15 Å². The molecule has 1 aliphatic rings. The predicted molar refractivity (Wildman–Crippen MR) is 221 cm³/mol. The molecule has 0 saturated heterocycles. The summed E-state index contributed by atoms with van der Waals surface area (Å²) in [6.07, 6.45) is -0.967. The number of phosphoric acid groups is 2. The van der Waals surface area contributed by atoms with Crippen molar-refractivity contribution >= 4 is 27.6 Å². The molecule has 0 amide bonds. The van der Waals surface area contributed by atoms with Gasteiger partial charge in [0.1, 0.15) is 43.2 Å². The van der Waals surface area contributed by atoms with Gasteiger partial charge in [0, 0.05) is 25.2 Å². The number of rotatable bonds is 24. The third-order valence-corrected chi connectivity index (χ3v) is 9.40. The van der Waals surface area contributed by atoms with E-state index in [2.05, 4.69) is 70.7 Å². The van der Waals surface area contributed by atoms with E-state index in [0.717, 1.165) is 32.1 Å². The van der Waals surface area contributed by atoms with E-state index in [1.54, 1.807) is 6.92 Å². The molecule has 332 valence electrons. The van der Waals surface area contributed by atoms with E-state index in [1.165, 1.54) is 44.9 Å². The summed E-state index contributed by atoms with van der Waals surface area (Å²) >= 11 is 0. The lowest BCUT2D eigenvalue weighted by Crippen LogP contribution is -2.64. The lowest BCUT2D eigenvalue weighted by atomic mass is 9.85. The maximum absolute atomic E-state index is 12.8. The largest absolute Gasteiger partial charge is 0.472 e. The first kappa shape index (κ1) is 52.8. The van der Waals surface area contributed by atoms with Crippen LogP contribution in [0.2, 0.25) is 0 Å². The summed E-state index contributed by atoms with van der Waals surface area (Å²) in [6.45, 7) is 2.15. The highest BCUT2D eigenvalue weighted by Gasteiger charge is 2.54. The van der Waals surface area contributed by atoms with E-state index in [-0.39, 0.29) is 25.4 Å². The Morgan fingerprint density at radius 1 is 0.643 bits per heavy atom. The molecule has 4 unspecified atom stereocenters. The van der Waals surface area contributed by atoms with Crippen LogP contribution < -0.4 is 6.15 Å². The van der Waals surface area contributed by atoms with Gasteiger partial charge in [0.05, 0.1) is 6.61 Å². The smallest absolute Gasteiger partial charge is 0.456 e. The highest BCUT2D eigenvalue weighted by Crippen LogP contribution is 2.49. The molecule has 0 aromatic carbocycles. The summed E-state index contributed by atoms with van der Waals surface area (Å²) in [5, 5.41) is 40.9. The molecular formula is C37H73NO16P2. The van der Waals surface area contributed by atoms with Crippen molar-refractivity contribution in [2.24, 2.45) is 0 Å². The van der Waals surface area contributed by atoms with Crippen molar-refractivity contribution in [3.63, 3.8) is 0 Å². The molecule has 1 fully saturated rings. The van der Waals surface area contributed by atoms with Gasteiger partial charge in [-0.1, -0.05) is 89.9 Å². The third kappa shape index (κ3) is 24.4. The molecule has 1 aliphatic carbocycles.